The fraction of sp³-hybridized carbons (Fsp3) is 0.667. The van der Waals surface area contributed by atoms with Crippen LogP contribution in [0.5, 0.6) is 5.75 Å². The maximum absolute atomic E-state index is 12.6. The average molecular weight is 398 g/mol. The molecule has 0 heterocycles. The largest absolute Gasteiger partial charge is 0.493 e. The summed E-state index contributed by atoms with van der Waals surface area (Å²) in [6, 6.07) is 4.98. The SMILES string of the molecule is NC(=O)N(C1CCCCC1)C1CCC(COc2ccc(C(F)(F)F)cc2)CC1. The molecule has 2 saturated carbocycles. The summed E-state index contributed by atoms with van der Waals surface area (Å²) in [5, 5.41) is 0. The first-order chi connectivity index (χ1) is 13.3. The van der Waals surface area contributed by atoms with Crippen LogP contribution in [0.4, 0.5) is 18.0 Å². The van der Waals surface area contributed by atoms with Gasteiger partial charge in [0.2, 0.25) is 0 Å². The number of benzene rings is 1. The van der Waals surface area contributed by atoms with Gasteiger partial charge in [-0.2, -0.15) is 13.2 Å². The number of hydrogen-bond acceptors (Lipinski definition) is 2. The van der Waals surface area contributed by atoms with Crippen molar-refractivity contribution in [2.24, 2.45) is 11.7 Å². The minimum atomic E-state index is -4.33. The second-order valence-electron chi connectivity index (χ2n) is 8.05. The first-order valence-corrected chi connectivity index (χ1v) is 10.2. The monoisotopic (exact) mass is 398 g/mol. The Morgan fingerprint density at radius 1 is 0.964 bits per heavy atom. The van der Waals surface area contributed by atoms with Gasteiger partial charge in [0.15, 0.2) is 0 Å². The van der Waals surface area contributed by atoms with Crippen molar-refractivity contribution in [1.82, 2.24) is 4.90 Å². The zero-order valence-electron chi connectivity index (χ0n) is 16.1. The van der Waals surface area contributed by atoms with Gasteiger partial charge in [0.05, 0.1) is 12.2 Å². The van der Waals surface area contributed by atoms with Crippen molar-refractivity contribution >= 4 is 6.03 Å². The first kappa shape index (κ1) is 20.8. The molecule has 2 aliphatic rings. The lowest BCUT2D eigenvalue weighted by Crippen LogP contribution is -2.51. The van der Waals surface area contributed by atoms with Crippen molar-refractivity contribution in [2.45, 2.75) is 76.0 Å². The summed E-state index contributed by atoms with van der Waals surface area (Å²) in [4.78, 5) is 14.0. The molecule has 3 rings (SSSR count). The molecule has 7 heteroatoms. The highest BCUT2D eigenvalue weighted by molar-refractivity contribution is 5.72. The van der Waals surface area contributed by atoms with Crippen molar-refractivity contribution in [3.8, 4) is 5.75 Å². The molecule has 156 valence electrons. The van der Waals surface area contributed by atoms with E-state index in [1.54, 1.807) is 0 Å². The van der Waals surface area contributed by atoms with Crippen LogP contribution in [0.25, 0.3) is 0 Å². The molecular formula is C21H29F3N2O2. The standard InChI is InChI=1S/C21H29F3N2O2/c22-21(23,24)16-8-12-19(13-9-16)28-14-15-6-10-18(11-7-15)26(20(25)27)17-4-2-1-3-5-17/h8-9,12-13,15,17-18H,1-7,10-11,14H2,(H2,25,27). The third-order valence-electron chi connectivity index (χ3n) is 6.10. The van der Waals surface area contributed by atoms with E-state index in [1.165, 1.54) is 18.6 Å². The molecule has 0 aromatic heterocycles. The number of halogens is 3. The Morgan fingerprint density at radius 3 is 2.07 bits per heavy atom. The van der Waals surface area contributed by atoms with Gasteiger partial charge in [0.25, 0.3) is 0 Å². The Bertz CT molecular complexity index is 634. The third kappa shape index (κ3) is 5.32. The van der Waals surface area contributed by atoms with Crippen molar-refractivity contribution in [3.63, 3.8) is 0 Å². The van der Waals surface area contributed by atoms with Gasteiger partial charge < -0.3 is 15.4 Å². The van der Waals surface area contributed by atoms with E-state index < -0.39 is 11.7 Å². The van der Waals surface area contributed by atoms with Crippen molar-refractivity contribution in [3.05, 3.63) is 29.8 Å². The van der Waals surface area contributed by atoms with E-state index in [1.807, 2.05) is 4.90 Å². The van der Waals surface area contributed by atoms with E-state index in [2.05, 4.69) is 0 Å². The van der Waals surface area contributed by atoms with Gasteiger partial charge in [-0.25, -0.2) is 4.79 Å². The highest BCUT2D eigenvalue weighted by Gasteiger charge is 2.33. The van der Waals surface area contributed by atoms with Gasteiger partial charge in [-0.1, -0.05) is 19.3 Å². The number of hydrogen-bond donors (Lipinski definition) is 1. The smallest absolute Gasteiger partial charge is 0.416 e. The maximum atomic E-state index is 12.6. The minimum absolute atomic E-state index is 0.197. The van der Waals surface area contributed by atoms with Crippen LogP contribution < -0.4 is 10.5 Å². The molecule has 1 aromatic carbocycles. The number of carbonyl (C=O) groups excluding carboxylic acids is 1. The molecule has 0 atom stereocenters. The van der Waals surface area contributed by atoms with Crippen LogP contribution in [0, 0.1) is 5.92 Å². The maximum Gasteiger partial charge on any atom is 0.416 e. The highest BCUT2D eigenvalue weighted by atomic mass is 19.4. The summed E-state index contributed by atoms with van der Waals surface area (Å²) in [6.45, 7) is 0.484. The van der Waals surface area contributed by atoms with Gasteiger partial charge in [-0.3, -0.25) is 0 Å². The molecule has 0 saturated heterocycles. The lowest BCUT2D eigenvalue weighted by molar-refractivity contribution is -0.137. The number of urea groups is 1. The Hall–Kier alpha value is -1.92. The molecule has 0 unspecified atom stereocenters. The molecule has 2 fully saturated rings. The molecule has 2 amide bonds. The van der Waals surface area contributed by atoms with Crippen molar-refractivity contribution in [2.75, 3.05) is 6.61 Å². The zero-order valence-corrected chi connectivity index (χ0v) is 16.1. The normalized spacial score (nSPS) is 24.0. The lowest BCUT2D eigenvalue weighted by atomic mass is 9.84. The summed E-state index contributed by atoms with van der Waals surface area (Å²) < 4.78 is 43.5. The number of nitrogens with zero attached hydrogens (tertiary/aromatic N) is 1. The van der Waals surface area contributed by atoms with Crippen molar-refractivity contribution < 1.29 is 22.7 Å². The van der Waals surface area contributed by atoms with Gasteiger partial charge in [-0.05, 0) is 68.7 Å². The Kier molecular flexibility index (Phi) is 6.73. The summed E-state index contributed by atoms with van der Waals surface area (Å²) in [5.74, 6) is 0.802. The molecule has 2 aliphatic carbocycles. The van der Waals surface area contributed by atoms with E-state index in [9.17, 15) is 18.0 Å². The van der Waals surface area contributed by atoms with Crippen LogP contribution in [0.2, 0.25) is 0 Å². The fourth-order valence-corrected chi connectivity index (χ4v) is 4.56. The molecule has 2 N–H and O–H groups in total. The van der Waals surface area contributed by atoms with Gasteiger partial charge in [0.1, 0.15) is 5.75 Å². The summed E-state index contributed by atoms with van der Waals surface area (Å²) in [5.41, 5.74) is 5.02. The first-order valence-electron chi connectivity index (χ1n) is 10.2. The molecular weight excluding hydrogens is 369 g/mol. The second-order valence-corrected chi connectivity index (χ2v) is 8.05. The van der Waals surface area contributed by atoms with Crippen LogP contribution in [-0.2, 0) is 6.18 Å². The second kappa shape index (κ2) is 9.05. The number of nitrogens with two attached hydrogens (primary N) is 1. The topological polar surface area (TPSA) is 55.6 Å². The quantitative estimate of drug-likeness (QED) is 0.726. The highest BCUT2D eigenvalue weighted by Crippen LogP contribution is 2.33. The number of carbonyl (C=O) groups is 1. The Morgan fingerprint density at radius 2 is 1.54 bits per heavy atom. The zero-order chi connectivity index (χ0) is 20.1. The fourth-order valence-electron chi connectivity index (χ4n) is 4.56. The molecule has 0 radical (unpaired) electrons. The Balaban J connectivity index is 1.47. The van der Waals surface area contributed by atoms with Crippen LogP contribution in [0.3, 0.4) is 0 Å². The number of rotatable bonds is 5. The van der Waals surface area contributed by atoms with Gasteiger partial charge in [-0.15, -0.1) is 0 Å². The van der Waals surface area contributed by atoms with E-state index >= 15 is 0 Å². The van der Waals surface area contributed by atoms with E-state index in [0.717, 1.165) is 63.5 Å². The molecule has 1 aromatic rings. The molecule has 4 nitrogen and oxygen atoms in total. The van der Waals surface area contributed by atoms with Gasteiger partial charge in [0, 0.05) is 12.1 Å². The number of amides is 2. The number of ether oxygens (including phenoxy) is 1. The van der Waals surface area contributed by atoms with Gasteiger partial charge >= 0.3 is 12.2 Å². The Labute approximate surface area is 164 Å². The number of primary amides is 1. The summed E-state index contributed by atoms with van der Waals surface area (Å²) in [7, 11) is 0. The minimum Gasteiger partial charge on any atom is -0.493 e. The van der Waals surface area contributed by atoms with Crippen LogP contribution in [-0.4, -0.2) is 29.6 Å². The van der Waals surface area contributed by atoms with E-state index in [0.29, 0.717) is 18.3 Å². The van der Waals surface area contributed by atoms with Crippen LogP contribution >= 0.6 is 0 Å². The predicted octanol–water partition coefficient (Wildman–Crippen LogP) is 5.36. The third-order valence-corrected chi connectivity index (χ3v) is 6.10. The van der Waals surface area contributed by atoms with Crippen LogP contribution in [0.1, 0.15) is 63.4 Å². The number of alkyl halides is 3. The van der Waals surface area contributed by atoms with Crippen LogP contribution in [0.15, 0.2) is 24.3 Å². The van der Waals surface area contributed by atoms with E-state index in [4.69, 9.17) is 10.5 Å². The average Bonchev–Trinajstić information content (AvgIpc) is 2.68. The molecule has 0 aliphatic heterocycles. The predicted molar refractivity (Wildman–Crippen MR) is 101 cm³/mol. The summed E-state index contributed by atoms with van der Waals surface area (Å²) in [6.07, 6.45) is 4.97. The molecule has 28 heavy (non-hydrogen) atoms. The van der Waals surface area contributed by atoms with Crippen molar-refractivity contribution in [1.29, 1.82) is 0 Å². The summed E-state index contributed by atoms with van der Waals surface area (Å²) >= 11 is 0. The van der Waals surface area contributed by atoms with E-state index in [-0.39, 0.29) is 18.1 Å². The molecule has 0 spiro atoms. The molecule has 0 bridgehead atoms. The lowest BCUT2D eigenvalue weighted by Gasteiger charge is -2.42.